The van der Waals surface area contributed by atoms with Gasteiger partial charge in [0.2, 0.25) is 5.91 Å². The Morgan fingerprint density at radius 3 is 2.81 bits per heavy atom. The second kappa shape index (κ2) is 9.22. The number of anilines is 1. The summed E-state index contributed by atoms with van der Waals surface area (Å²) in [5.74, 6) is 1.61. The molecule has 2 aromatic rings. The van der Waals surface area contributed by atoms with Crippen LogP contribution in [0.15, 0.2) is 24.3 Å². The van der Waals surface area contributed by atoms with Gasteiger partial charge in [0.15, 0.2) is 0 Å². The van der Waals surface area contributed by atoms with Crippen LogP contribution < -0.4 is 15.4 Å². The summed E-state index contributed by atoms with van der Waals surface area (Å²) in [7, 11) is 0. The van der Waals surface area contributed by atoms with Crippen molar-refractivity contribution in [2.45, 2.75) is 39.0 Å². The molecule has 27 heavy (non-hydrogen) atoms. The number of benzene rings is 1. The molecule has 1 amide bonds. The van der Waals surface area contributed by atoms with E-state index in [-0.39, 0.29) is 11.8 Å². The van der Waals surface area contributed by atoms with Crippen LogP contribution in [0.3, 0.4) is 0 Å². The van der Waals surface area contributed by atoms with Crippen LogP contribution in [0.5, 0.6) is 5.75 Å². The van der Waals surface area contributed by atoms with Crippen LogP contribution in [-0.4, -0.2) is 30.6 Å². The number of nitrogens with zero attached hydrogens (tertiary/aromatic N) is 2. The lowest BCUT2D eigenvalue weighted by atomic mass is 9.89. The Labute approximate surface area is 159 Å². The maximum absolute atomic E-state index is 12.2. The van der Waals surface area contributed by atoms with Crippen molar-refractivity contribution in [1.29, 1.82) is 5.26 Å². The quantitative estimate of drug-likeness (QED) is 0.731. The molecule has 0 spiro atoms. The van der Waals surface area contributed by atoms with Crippen molar-refractivity contribution in [3.8, 4) is 11.8 Å². The summed E-state index contributed by atoms with van der Waals surface area (Å²) < 4.78 is 5.50. The number of fused-ring (bicyclic) bond motifs is 1. The Balaban J connectivity index is 1.59. The highest BCUT2D eigenvalue weighted by Crippen LogP contribution is 2.25. The van der Waals surface area contributed by atoms with E-state index in [0.29, 0.717) is 31.1 Å². The topological polar surface area (TPSA) is 87.0 Å². The number of aromatic nitrogens is 1. The number of carbonyl (C=O) groups is 1. The third-order valence-corrected chi connectivity index (χ3v) is 4.91. The summed E-state index contributed by atoms with van der Waals surface area (Å²) in [6.07, 6.45) is 5.52. The lowest BCUT2D eigenvalue weighted by molar-refractivity contribution is -0.125. The van der Waals surface area contributed by atoms with Gasteiger partial charge < -0.3 is 15.4 Å². The highest BCUT2D eigenvalue weighted by atomic mass is 16.5. The molecule has 1 aromatic carbocycles. The van der Waals surface area contributed by atoms with Crippen LogP contribution in [0.4, 0.5) is 5.82 Å². The maximum atomic E-state index is 12.2. The highest BCUT2D eigenvalue weighted by molar-refractivity contribution is 5.84. The van der Waals surface area contributed by atoms with Gasteiger partial charge in [-0.05, 0) is 44.0 Å². The molecule has 2 N–H and O–H groups in total. The van der Waals surface area contributed by atoms with E-state index >= 15 is 0 Å². The second-order valence-corrected chi connectivity index (χ2v) is 6.84. The van der Waals surface area contributed by atoms with Crippen molar-refractivity contribution in [1.82, 2.24) is 10.3 Å². The van der Waals surface area contributed by atoms with Crippen LogP contribution in [0, 0.1) is 17.2 Å². The summed E-state index contributed by atoms with van der Waals surface area (Å²) in [6, 6.07) is 9.65. The third kappa shape index (κ3) is 4.88. The zero-order chi connectivity index (χ0) is 19.1. The predicted octanol–water partition coefficient (Wildman–Crippen LogP) is 3.61. The molecule has 1 fully saturated rings. The highest BCUT2D eigenvalue weighted by Gasteiger charge is 2.20. The summed E-state index contributed by atoms with van der Waals surface area (Å²) in [5, 5.41) is 16.5. The Bertz CT molecular complexity index is 838. The Morgan fingerprint density at radius 2 is 2.07 bits per heavy atom. The lowest BCUT2D eigenvalue weighted by Crippen LogP contribution is -2.35. The normalized spacial score (nSPS) is 14.5. The van der Waals surface area contributed by atoms with E-state index < -0.39 is 0 Å². The number of pyridine rings is 1. The van der Waals surface area contributed by atoms with Crippen LogP contribution in [-0.2, 0) is 4.79 Å². The fourth-order valence-corrected chi connectivity index (χ4v) is 3.51. The van der Waals surface area contributed by atoms with Crippen LogP contribution in [0.2, 0.25) is 0 Å². The number of hydrogen-bond donors (Lipinski definition) is 2. The summed E-state index contributed by atoms with van der Waals surface area (Å²) in [5.41, 5.74) is 1.28. The fourth-order valence-electron chi connectivity index (χ4n) is 3.51. The molecule has 0 radical (unpaired) electrons. The minimum atomic E-state index is 0.145. The zero-order valence-electron chi connectivity index (χ0n) is 15.8. The molecule has 1 saturated carbocycles. The lowest BCUT2D eigenvalue weighted by Gasteiger charge is -2.20. The predicted molar refractivity (Wildman–Crippen MR) is 106 cm³/mol. The minimum Gasteiger partial charge on any atom is -0.494 e. The second-order valence-electron chi connectivity index (χ2n) is 6.84. The monoisotopic (exact) mass is 366 g/mol. The van der Waals surface area contributed by atoms with Crippen molar-refractivity contribution in [2.24, 2.45) is 5.92 Å². The van der Waals surface area contributed by atoms with Crippen LogP contribution >= 0.6 is 0 Å². The Morgan fingerprint density at radius 1 is 1.26 bits per heavy atom. The molecule has 1 heterocycles. The first-order valence-corrected chi connectivity index (χ1v) is 9.70. The number of nitriles is 1. The molecule has 0 atom stereocenters. The number of amides is 1. The standard InChI is InChI=1S/C21H26N4O2/c1-2-27-18-8-9-19-16(13-18)12-17(14-22)20(25-19)23-10-11-24-21(26)15-6-4-3-5-7-15/h8-9,12-13,15H,2-7,10-11H2,1H3,(H,23,25)(H,24,26). The maximum Gasteiger partial charge on any atom is 0.223 e. The summed E-state index contributed by atoms with van der Waals surface area (Å²) in [4.78, 5) is 16.7. The van der Waals surface area contributed by atoms with Gasteiger partial charge in [0.1, 0.15) is 17.6 Å². The Kier molecular flexibility index (Phi) is 6.48. The number of nitrogens with one attached hydrogen (secondary N) is 2. The summed E-state index contributed by atoms with van der Waals surface area (Å²) >= 11 is 0. The van der Waals surface area contributed by atoms with Crippen LogP contribution in [0.1, 0.15) is 44.6 Å². The van der Waals surface area contributed by atoms with Crippen LogP contribution in [0.25, 0.3) is 10.9 Å². The summed E-state index contributed by atoms with van der Waals surface area (Å²) in [6.45, 7) is 3.57. The van der Waals surface area contributed by atoms with Gasteiger partial charge in [-0.15, -0.1) is 0 Å². The number of hydrogen-bond acceptors (Lipinski definition) is 5. The number of ether oxygens (including phenoxy) is 1. The average molecular weight is 366 g/mol. The first-order valence-electron chi connectivity index (χ1n) is 9.70. The molecular weight excluding hydrogens is 340 g/mol. The molecular formula is C21H26N4O2. The van der Waals surface area contributed by atoms with Gasteiger partial charge >= 0.3 is 0 Å². The van der Waals surface area contributed by atoms with E-state index in [4.69, 9.17) is 4.74 Å². The van der Waals surface area contributed by atoms with Crippen molar-refractivity contribution in [3.05, 3.63) is 29.8 Å². The molecule has 0 saturated heterocycles. The van der Waals surface area contributed by atoms with Gasteiger partial charge in [0, 0.05) is 24.4 Å². The van der Waals surface area contributed by atoms with Gasteiger partial charge in [-0.25, -0.2) is 4.98 Å². The number of carbonyl (C=O) groups excluding carboxylic acids is 1. The molecule has 1 aromatic heterocycles. The van der Waals surface area contributed by atoms with E-state index in [0.717, 1.165) is 42.3 Å². The smallest absolute Gasteiger partial charge is 0.223 e. The van der Waals surface area contributed by atoms with E-state index in [9.17, 15) is 10.1 Å². The van der Waals surface area contributed by atoms with Gasteiger partial charge in [-0.3, -0.25) is 4.79 Å². The minimum absolute atomic E-state index is 0.145. The Hall–Kier alpha value is -2.81. The SMILES string of the molecule is CCOc1ccc2nc(NCCNC(=O)C3CCCCC3)c(C#N)cc2c1. The fraction of sp³-hybridized carbons (Fsp3) is 0.476. The van der Waals surface area contributed by atoms with E-state index in [1.807, 2.05) is 31.2 Å². The molecule has 142 valence electrons. The van der Waals surface area contributed by atoms with Crippen molar-refractivity contribution < 1.29 is 9.53 Å². The first-order chi connectivity index (χ1) is 13.2. The average Bonchev–Trinajstić information content (AvgIpc) is 2.71. The van der Waals surface area contributed by atoms with Gasteiger partial charge in [-0.1, -0.05) is 19.3 Å². The molecule has 0 bridgehead atoms. The zero-order valence-corrected chi connectivity index (χ0v) is 15.8. The van der Waals surface area contributed by atoms with Gasteiger partial charge in [-0.2, -0.15) is 5.26 Å². The van der Waals surface area contributed by atoms with E-state index in [2.05, 4.69) is 21.7 Å². The largest absolute Gasteiger partial charge is 0.494 e. The van der Waals surface area contributed by atoms with Crippen molar-refractivity contribution in [3.63, 3.8) is 0 Å². The first kappa shape index (κ1) is 19.0. The molecule has 0 aliphatic heterocycles. The third-order valence-electron chi connectivity index (χ3n) is 4.91. The molecule has 0 unspecified atom stereocenters. The van der Waals surface area contributed by atoms with Gasteiger partial charge in [0.25, 0.3) is 0 Å². The molecule has 6 nitrogen and oxygen atoms in total. The number of rotatable bonds is 7. The van der Waals surface area contributed by atoms with E-state index in [1.54, 1.807) is 0 Å². The van der Waals surface area contributed by atoms with E-state index in [1.165, 1.54) is 6.42 Å². The molecule has 6 heteroatoms. The van der Waals surface area contributed by atoms with Gasteiger partial charge in [0.05, 0.1) is 17.7 Å². The van der Waals surface area contributed by atoms with Crippen molar-refractivity contribution in [2.75, 3.05) is 25.0 Å². The molecule has 3 rings (SSSR count). The van der Waals surface area contributed by atoms with Crippen molar-refractivity contribution >= 4 is 22.6 Å². The molecule has 1 aliphatic carbocycles. The molecule has 1 aliphatic rings.